The van der Waals surface area contributed by atoms with E-state index >= 15 is 0 Å². The van der Waals surface area contributed by atoms with Gasteiger partial charge in [-0.3, -0.25) is 4.79 Å². The van der Waals surface area contributed by atoms with Gasteiger partial charge in [0.2, 0.25) is 0 Å². The lowest BCUT2D eigenvalue weighted by Crippen LogP contribution is -2.47. The molecule has 1 aliphatic heterocycles. The summed E-state index contributed by atoms with van der Waals surface area (Å²) in [6.45, 7) is 7.23. The van der Waals surface area contributed by atoms with Crippen LogP contribution in [0.2, 0.25) is 0 Å². The van der Waals surface area contributed by atoms with Crippen LogP contribution in [0.3, 0.4) is 0 Å². The smallest absolute Gasteiger partial charge is 0.331 e. The van der Waals surface area contributed by atoms with E-state index in [1.165, 1.54) is 12.5 Å². The van der Waals surface area contributed by atoms with Gasteiger partial charge >= 0.3 is 5.97 Å². The average molecular weight is 402 g/mol. The number of carbonyl (C=O) groups is 2. The van der Waals surface area contributed by atoms with Crippen molar-refractivity contribution < 1.29 is 23.8 Å². The van der Waals surface area contributed by atoms with Crippen LogP contribution in [0, 0.1) is 11.8 Å². The molecule has 1 aliphatic carbocycles. The van der Waals surface area contributed by atoms with Crippen molar-refractivity contribution in [1.82, 2.24) is 5.32 Å². The number of nitrogens with one attached hydrogen (secondary N) is 1. The van der Waals surface area contributed by atoms with Crippen LogP contribution in [0.15, 0.2) is 24.3 Å². The Balaban J connectivity index is 1.51. The molecule has 1 heterocycles. The Morgan fingerprint density at radius 3 is 2.69 bits per heavy atom. The van der Waals surface area contributed by atoms with Crippen LogP contribution in [0.1, 0.15) is 52.0 Å². The van der Waals surface area contributed by atoms with Crippen molar-refractivity contribution in [2.75, 3.05) is 13.2 Å². The highest BCUT2D eigenvalue weighted by atomic mass is 16.5. The average Bonchev–Trinajstić information content (AvgIpc) is 2.94. The van der Waals surface area contributed by atoms with Crippen molar-refractivity contribution >= 4 is 18.0 Å². The first kappa shape index (κ1) is 21.2. The third-order valence-corrected chi connectivity index (χ3v) is 5.88. The second-order valence-electron chi connectivity index (χ2n) is 8.05. The summed E-state index contributed by atoms with van der Waals surface area (Å²) in [5.74, 6) is 1.60. The third kappa shape index (κ3) is 5.75. The maximum atomic E-state index is 12.4. The number of rotatable bonds is 5. The Morgan fingerprint density at radius 2 is 1.90 bits per heavy atom. The number of carbonyl (C=O) groups excluding carboxylic acids is 2. The van der Waals surface area contributed by atoms with Crippen LogP contribution < -0.4 is 14.8 Å². The van der Waals surface area contributed by atoms with Gasteiger partial charge in [0, 0.05) is 18.5 Å². The van der Waals surface area contributed by atoms with Crippen molar-refractivity contribution in [3.63, 3.8) is 0 Å². The number of esters is 1. The van der Waals surface area contributed by atoms with Gasteiger partial charge in [-0.15, -0.1) is 0 Å². The second-order valence-corrected chi connectivity index (χ2v) is 8.05. The molecular weight excluding hydrogens is 370 g/mol. The minimum absolute atomic E-state index is 0.143. The topological polar surface area (TPSA) is 73.9 Å². The van der Waals surface area contributed by atoms with E-state index < -0.39 is 12.1 Å². The predicted octanol–water partition coefficient (Wildman–Crippen LogP) is 3.73. The van der Waals surface area contributed by atoms with Gasteiger partial charge in [-0.05, 0) is 49.0 Å². The fraction of sp³-hybridized carbons (Fsp3) is 0.565. The molecule has 1 saturated carbocycles. The first-order valence-electron chi connectivity index (χ1n) is 10.5. The minimum Gasteiger partial charge on any atom is -0.490 e. The van der Waals surface area contributed by atoms with Crippen molar-refractivity contribution in [3.8, 4) is 11.5 Å². The van der Waals surface area contributed by atoms with E-state index in [2.05, 4.69) is 19.2 Å². The summed E-state index contributed by atoms with van der Waals surface area (Å²) in [5.41, 5.74) is 0.799. The van der Waals surface area contributed by atoms with Gasteiger partial charge in [0.25, 0.3) is 5.91 Å². The molecule has 0 radical (unpaired) electrons. The Bertz CT molecular complexity index is 760. The summed E-state index contributed by atoms with van der Waals surface area (Å²) >= 11 is 0. The van der Waals surface area contributed by atoms with E-state index in [1.54, 1.807) is 13.0 Å². The molecule has 0 aromatic heterocycles. The Morgan fingerprint density at radius 1 is 1.14 bits per heavy atom. The number of hydrogen-bond acceptors (Lipinski definition) is 5. The van der Waals surface area contributed by atoms with Crippen LogP contribution in [-0.2, 0) is 14.3 Å². The predicted molar refractivity (Wildman–Crippen MR) is 111 cm³/mol. The number of ether oxygens (including phenoxy) is 3. The number of benzene rings is 1. The maximum Gasteiger partial charge on any atom is 0.331 e. The zero-order valence-corrected chi connectivity index (χ0v) is 17.5. The molecule has 4 atom stereocenters. The molecule has 29 heavy (non-hydrogen) atoms. The Hall–Kier alpha value is -2.50. The van der Waals surface area contributed by atoms with Gasteiger partial charge in [0.05, 0.1) is 13.2 Å². The molecule has 1 aromatic carbocycles. The van der Waals surface area contributed by atoms with E-state index in [-0.39, 0.29) is 11.9 Å². The van der Waals surface area contributed by atoms with Crippen LogP contribution >= 0.6 is 0 Å². The standard InChI is InChI=1S/C23H31NO5/c1-15-6-4-7-19(16(15)2)24-23(26)17(3)29-22(25)11-9-18-8-10-20-21(14-18)28-13-5-12-27-20/h8-11,14-17,19H,4-7,12-13H2,1-3H3,(H,24,26)/b11-9+/t15-,16-,17-,19+/m1/s1. The summed E-state index contributed by atoms with van der Waals surface area (Å²) in [6, 6.07) is 5.64. The molecule has 1 amide bonds. The minimum atomic E-state index is -0.833. The molecule has 1 N–H and O–H groups in total. The quantitative estimate of drug-likeness (QED) is 0.601. The maximum absolute atomic E-state index is 12.4. The SMILES string of the molecule is C[C@@H]1[C@H](C)CCC[C@@H]1NC(=O)[C@@H](C)OC(=O)/C=C/c1ccc2c(c1)OCCCO2. The van der Waals surface area contributed by atoms with Gasteiger partial charge in [-0.2, -0.15) is 0 Å². The summed E-state index contributed by atoms with van der Waals surface area (Å²) in [5, 5.41) is 3.05. The third-order valence-electron chi connectivity index (χ3n) is 5.88. The molecule has 0 unspecified atom stereocenters. The second kappa shape index (κ2) is 9.81. The summed E-state index contributed by atoms with van der Waals surface area (Å²) < 4.78 is 16.5. The largest absolute Gasteiger partial charge is 0.490 e. The molecule has 3 rings (SSSR count). The fourth-order valence-electron chi connectivity index (χ4n) is 3.80. The fourth-order valence-corrected chi connectivity index (χ4v) is 3.80. The van der Waals surface area contributed by atoms with Crippen molar-refractivity contribution in [2.24, 2.45) is 11.8 Å². The van der Waals surface area contributed by atoms with Crippen molar-refractivity contribution in [3.05, 3.63) is 29.8 Å². The van der Waals surface area contributed by atoms with E-state index in [0.717, 1.165) is 24.8 Å². The lowest BCUT2D eigenvalue weighted by molar-refractivity contribution is -0.150. The van der Waals surface area contributed by atoms with Gasteiger partial charge < -0.3 is 19.5 Å². The van der Waals surface area contributed by atoms with Crippen LogP contribution in [-0.4, -0.2) is 37.2 Å². The van der Waals surface area contributed by atoms with E-state index in [4.69, 9.17) is 14.2 Å². The summed E-state index contributed by atoms with van der Waals surface area (Å²) in [4.78, 5) is 24.6. The Kier molecular flexibility index (Phi) is 7.18. The lowest BCUT2D eigenvalue weighted by Gasteiger charge is -2.35. The van der Waals surface area contributed by atoms with E-state index in [0.29, 0.717) is 36.5 Å². The highest BCUT2D eigenvalue weighted by molar-refractivity contribution is 5.90. The molecule has 1 fully saturated rings. The first-order valence-corrected chi connectivity index (χ1v) is 10.5. The monoisotopic (exact) mass is 401 g/mol. The zero-order chi connectivity index (χ0) is 20.8. The molecule has 0 saturated heterocycles. The molecule has 1 aromatic rings. The highest BCUT2D eigenvalue weighted by Crippen LogP contribution is 2.31. The Labute approximate surface area is 172 Å². The van der Waals surface area contributed by atoms with E-state index in [9.17, 15) is 9.59 Å². The molecule has 6 nitrogen and oxygen atoms in total. The lowest BCUT2D eigenvalue weighted by atomic mass is 9.78. The van der Waals surface area contributed by atoms with Gasteiger partial charge in [-0.25, -0.2) is 4.79 Å². The molecule has 2 aliphatic rings. The molecular formula is C23H31NO5. The molecule has 158 valence electrons. The normalized spacial score (nSPS) is 25.1. The number of amides is 1. The summed E-state index contributed by atoms with van der Waals surface area (Å²) in [7, 11) is 0. The summed E-state index contributed by atoms with van der Waals surface area (Å²) in [6.07, 6.45) is 6.26. The van der Waals surface area contributed by atoms with Crippen LogP contribution in [0.25, 0.3) is 6.08 Å². The van der Waals surface area contributed by atoms with Gasteiger partial charge in [0.15, 0.2) is 17.6 Å². The van der Waals surface area contributed by atoms with Crippen molar-refractivity contribution in [2.45, 2.75) is 58.6 Å². The zero-order valence-electron chi connectivity index (χ0n) is 17.5. The van der Waals surface area contributed by atoms with Crippen LogP contribution in [0.4, 0.5) is 0 Å². The molecule has 6 heteroatoms. The van der Waals surface area contributed by atoms with E-state index in [1.807, 2.05) is 18.2 Å². The highest BCUT2D eigenvalue weighted by Gasteiger charge is 2.29. The molecule has 0 spiro atoms. The van der Waals surface area contributed by atoms with Gasteiger partial charge in [0.1, 0.15) is 0 Å². The van der Waals surface area contributed by atoms with Gasteiger partial charge in [-0.1, -0.05) is 32.8 Å². The van der Waals surface area contributed by atoms with Crippen molar-refractivity contribution in [1.29, 1.82) is 0 Å². The molecule has 0 bridgehead atoms. The first-order chi connectivity index (χ1) is 13.9. The van der Waals surface area contributed by atoms with Crippen LogP contribution in [0.5, 0.6) is 11.5 Å². The number of fused-ring (bicyclic) bond motifs is 1. The number of hydrogen-bond donors (Lipinski definition) is 1.